The highest BCUT2D eigenvalue weighted by atomic mass is 16.2. The molecule has 1 unspecified atom stereocenters. The molecule has 88 valence electrons. The van der Waals surface area contributed by atoms with E-state index in [2.05, 4.69) is 23.5 Å². The van der Waals surface area contributed by atoms with Crippen molar-refractivity contribution < 1.29 is 4.79 Å². The Bertz CT molecular complexity index is 490. The molecule has 2 rings (SSSR count). The Balaban J connectivity index is 2.23. The van der Waals surface area contributed by atoms with E-state index in [0.29, 0.717) is 6.54 Å². The molecular formula is C13H15N3O. The summed E-state index contributed by atoms with van der Waals surface area (Å²) < 4.78 is 0. The number of nitrogens with one attached hydrogen (secondary N) is 1. The third-order valence-electron chi connectivity index (χ3n) is 3.06. The Morgan fingerprint density at radius 3 is 3.00 bits per heavy atom. The van der Waals surface area contributed by atoms with Crippen molar-refractivity contribution in [3.63, 3.8) is 0 Å². The lowest BCUT2D eigenvalue weighted by molar-refractivity contribution is 0.222. The fourth-order valence-electron chi connectivity index (χ4n) is 2.12. The average Bonchev–Trinajstić information content (AvgIpc) is 2.64. The Morgan fingerprint density at radius 1 is 1.53 bits per heavy atom. The van der Waals surface area contributed by atoms with Crippen LogP contribution in [0.25, 0.3) is 0 Å². The minimum absolute atomic E-state index is 0.00394. The summed E-state index contributed by atoms with van der Waals surface area (Å²) in [6, 6.07) is 8.05. The van der Waals surface area contributed by atoms with Gasteiger partial charge in [0, 0.05) is 6.54 Å². The van der Waals surface area contributed by atoms with Gasteiger partial charge in [0.25, 0.3) is 0 Å². The number of rotatable bonds is 2. The van der Waals surface area contributed by atoms with Gasteiger partial charge in [-0.2, -0.15) is 5.26 Å². The molecule has 4 nitrogen and oxygen atoms in total. The van der Waals surface area contributed by atoms with Crippen LogP contribution in [-0.2, 0) is 0 Å². The number of carbonyl (C=O) groups is 1. The first-order valence-corrected chi connectivity index (χ1v) is 5.61. The maximum atomic E-state index is 11.6. The van der Waals surface area contributed by atoms with E-state index < -0.39 is 0 Å². The van der Waals surface area contributed by atoms with Crippen LogP contribution in [0.4, 0.5) is 4.79 Å². The number of nitrogens with zero attached hydrogens (tertiary/aromatic N) is 2. The fraction of sp³-hybridized carbons (Fsp3) is 0.385. The number of hydrogen-bond acceptors (Lipinski definition) is 2. The van der Waals surface area contributed by atoms with Gasteiger partial charge >= 0.3 is 6.03 Å². The summed E-state index contributed by atoms with van der Waals surface area (Å²) in [6.07, 6.45) is 0. The first-order valence-electron chi connectivity index (χ1n) is 5.61. The number of urea groups is 1. The van der Waals surface area contributed by atoms with E-state index in [-0.39, 0.29) is 18.6 Å². The lowest BCUT2D eigenvalue weighted by Crippen LogP contribution is -2.28. The van der Waals surface area contributed by atoms with Crippen LogP contribution < -0.4 is 5.32 Å². The highest BCUT2D eigenvalue weighted by Crippen LogP contribution is 2.24. The maximum absolute atomic E-state index is 11.6. The van der Waals surface area contributed by atoms with Crippen LogP contribution in [0.1, 0.15) is 22.7 Å². The van der Waals surface area contributed by atoms with Crippen LogP contribution in [0.3, 0.4) is 0 Å². The van der Waals surface area contributed by atoms with Crippen molar-refractivity contribution in [2.75, 3.05) is 13.1 Å². The Labute approximate surface area is 101 Å². The van der Waals surface area contributed by atoms with Gasteiger partial charge in [-0.1, -0.05) is 23.8 Å². The number of carbonyl (C=O) groups excluding carboxylic acids is 1. The molecule has 1 fully saturated rings. The molecule has 1 aromatic carbocycles. The van der Waals surface area contributed by atoms with Crippen LogP contribution in [0.2, 0.25) is 0 Å². The summed E-state index contributed by atoms with van der Waals surface area (Å²) in [5.41, 5.74) is 3.48. The summed E-state index contributed by atoms with van der Waals surface area (Å²) in [5, 5.41) is 11.5. The van der Waals surface area contributed by atoms with Gasteiger partial charge in [0.1, 0.15) is 6.54 Å². The number of amides is 2. The van der Waals surface area contributed by atoms with Gasteiger partial charge < -0.3 is 10.2 Å². The first kappa shape index (κ1) is 11.5. The second-order valence-electron chi connectivity index (χ2n) is 4.40. The molecule has 0 aromatic heterocycles. The predicted octanol–water partition coefficient (Wildman–Crippen LogP) is 1.89. The van der Waals surface area contributed by atoms with Gasteiger partial charge in [0.2, 0.25) is 0 Å². The van der Waals surface area contributed by atoms with Crippen LogP contribution >= 0.6 is 0 Å². The van der Waals surface area contributed by atoms with Crippen LogP contribution in [-0.4, -0.2) is 24.0 Å². The Morgan fingerprint density at radius 2 is 2.29 bits per heavy atom. The van der Waals surface area contributed by atoms with Crippen molar-refractivity contribution in [2.24, 2.45) is 0 Å². The van der Waals surface area contributed by atoms with Crippen molar-refractivity contribution >= 4 is 6.03 Å². The Kier molecular flexibility index (Phi) is 3.01. The van der Waals surface area contributed by atoms with Crippen LogP contribution in [0.15, 0.2) is 18.2 Å². The lowest BCUT2D eigenvalue weighted by atomic mass is 9.99. The smallest absolute Gasteiger partial charge is 0.318 e. The van der Waals surface area contributed by atoms with Crippen molar-refractivity contribution in [1.82, 2.24) is 10.2 Å². The van der Waals surface area contributed by atoms with E-state index in [4.69, 9.17) is 5.26 Å². The van der Waals surface area contributed by atoms with Gasteiger partial charge in [0.15, 0.2) is 0 Å². The summed E-state index contributed by atoms with van der Waals surface area (Å²) in [6.45, 7) is 4.78. The minimum atomic E-state index is -0.155. The van der Waals surface area contributed by atoms with Crippen LogP contribution in [0.5, 0.6) is 0 Å². The zero-order valence-corrected chi connectivity index (χ0v) is 10.0. The van der Waals surface area contributed by atoms with Gasteiger partial charge in [0.05, 0.1) is 12.1 Å². The van der Waals surface area contributed by atoms with Crippen molar-refractivity contribution in [1.29, 1.82) is 5.26 Å². The molecule has 0 aliphatic carbocycles. The summed E-state index contributed by atoms with van der Waals surface area (Å²) >= 11 is 0. The molecule has 17 heavy (non-hydrogen) atoms. The molecule has 1 heterocycles. The molecule has 4 heteroatoms. The standard InChI is InChI=1S/C13H15N3O/c1-9-3-4-10(2)11(7-9)12-8-16(6-5-14)13(17)15-12/h3-4,7,12H,6,8H2,1-2H3,(H,15,17). The molecule has 1 atom stereocenters. The zero-order valence-electron chi connectivity index (χ0n) is 10.0. The second kappa shape index (κ2) is 4.46. The third kappa shape index (κ3) is 2.23. The molecule has 0 radical (unpaired) electrons. The molecule has 1 saturated heterocycles. The van der Waals surface area contributed by atoms with Gasteiger partial charge in [-0.15, -0.1) is 0 Å². The van der Waals surface area contributed by atoms with Gasteiger partial charge in [-0.05, 0) is 25.0 Å². The van der Waals surface area contributed by atoms with Crippen LogP contribution in [0, 0.1) is 25.2 Å². The monoisotopic (exact) mass is 229 g/mol. The summed E-state index contributed by atoms with van der Waals surface area (Å²) in [5.74, 6) is 0. The average molecular weight is 229 g/mol. The highest BCUT2D eigenvalue weighted by molar-refractivity contribution is 5.77. The fourth-order valence-corrected chi connectivity index (χ4v) is 2.12. The maximum Gasteiger partial charge on any atom is 0.318 e. The molecule has 1 N–H and O–H groups in total. The summed E-state index contributed by atoms with van der Waals surface area (Å²) in [4.78, 5) is 13.1. The molecule has 0 spiro atoms. The highest BCUT2D eigenvalue weighted by Gasteiger charge is 2.30. The molecule has 1 aliphatic rings. The van der Waals surface area contributed by atoms with Crippen molar-refractivity contribution in [2.45, 2.75) is 19.9 Å². The SMILES string of the molecule is Cc1ccc(C)c(C2CN(CC#N)C(=O)N2)c1. The van der Waals surface area contributed by atoms with Gasteiger partial charge in [-0.3, -0.25) is 0 Å². The normalized spacial score (nSPS) is 19.0. The molecular weight excluding hydrogens is 214 g/mol. The first-order chi connectivity index (χ1) is 8.11. The van der Waals surface area contributed by atoms with E-state index in [1.165, 1.54) is 16.0 Å². The second-order valence-corrected chi connectivity index (χ2v) is 4.40. The van der Waals surface area contributed by atoms with E-state index in [1.807, 2.05) is 19.9 Å². The van der Waals surface area contributed by atoms with E-state index in [9.17, 15) is 4.79 Å². The molecule has 0 bridgehead atoms. The largest absolute Gasteiger partial charge is 0.329 e. The van der Waals surface area contributed by atoms with Crippen molar-refractivity contribution in [3.05, 3.63) is 34.9 Å². The molecule has 0 saturated carbocycles. The Hall–Kier alpha value is -2.02. The number of nitriles is 1. The number of hydrogen-bond donors (Lipinski definition) is 1. The molecule has 1 aliphatic heterocycles. The van der Waals surface area contributed by atoms with E-state index >= 15 is 0 Å². The van der Waals surface area contributed by atoms with Crippen molar-refractivity contribution in [3.8, 4) is 6.07 Å². The van der Waals surface area contributed by atoms with Gasteiger partial charge in [-0.25, -0.2) is 4.79 Å². The predicted molar refractivity (Wildman–Crippen MR) is 64.4 cm³/mol. The number of benzene rings is 1. The third-order valence-corrected chi connectivity index (χ3v) is 3.06. The van der Waals surface area contributed by atoms with E-state index in [1.54, 1.807) is 0 Å². The molecule has 2 amide bonds. The lowest BCUT2D eigenvalue weighted by Gasteiger charge is -2.14. The quantitative estimate of drug-likeness (QED) is 0.787. The number of aryl methyl sites for hydroxylation is 2. The minimum Gasteiger partial charge on any atom is -0.329 e. The topological polar surface area (TPSA) is 56.1 Å². The summed E-state index contributed by atoms with van der Waals surface area (Å²) in [7, 11) is 0. The zero-order chi connectivity index (χ0) is 12.4. The molecule has 1 aromatic rings. The van der Waals surface area contributed by atoms with E-state index in [0.717, 1.165) is 5.56 Å².